The molecule has 0 aliphatic carbocycles. The van der Waals surface area contributed by atoms with Gasteiger partial charge in [0.15, 0.2) is 11.6 Å². The highest BCUT2D eigenvalue weighted by atomic mass is 19.1. The number of para-hydroxylation sites is 1. The van der Waals surface area contributed by atoms with Gasteiger partial charge in [0.2, 0.25) is 0 Å². The zero-order valence-electron chi connectivity index (χ0n) is 14.9. The van der Waals surface area contributed by atoms with Crippen molar-refractivity contribution in [1.82, 2.24) is 5.32 Å². The average molecular weight is 375 g/mol. The van der Waals surface area contributed by atoms with Crippen molar-refractivity contribution in [2.75, 3.05) is 26.3 Å². The number of aliphatic hydroxyl groups is 1. The Balaban J connectivity index is 0.000000896. The van der Waals surface area contributed by atoms with Gasteiger partial charge in [0.05, 0.1) is 6.10 Å². The largest absolute Gasteiger partial charge is 0.488 e. The van der Waals surface area contributed by atoms with E-state index in [0.29, 0.717) is 13.2 Å². The number of aliphatic carboxylic acids is 2. The second-order valence-electron chi connectivity index (χ2n) is 5.48. The molecule has 9 heteroatoms. The Morgan fingerprint density at radius 3 is 2.35 bits per heavy atom. The van der Waals surface area contributed by atoms with Gasteiger partial charge in [-0.25, -0.2) is 14.0 Å². The van der Waals surface area contributed by atoms with Gasteiger partial charge in [0.25, 0.3) is 0 Å². The third-order valence-electron chi connectivity index (χ3n) is 2.78. The monoisotopic (exact) mass is 375 g/mol. The van der Waals surface area contributed by atoms with Gasteiger partial charge in [0, 0.05) is 13.2 Å². The summed E-state index contributed by atoms with van der Waals surface area (Å²) < 4.78 is 23.9. The summed E-state index contributed by atoms with van der Waals surface area (Å²) in [4.78, 5) is 18.2. The van der Waals surface area contributed by atoms with E-state index in [1.54, 1.807) is 18.2 Å². The number of halogens is 1. The molecule has 1 unspecified atom stereocenters. The second-order valence-corrected chi connectivity index (χ2v) is 5.48. The number of carbonyl (C=O) groups is 2. The molecule has 0 saturated carbocycles. The molecule has 0 radical (unpaired) electrons. The molecule has 8 nitrogen and oxygen atoms in total. The van der Waals surface area contributed by atoms with Crippen LogP contribution in [0.5, 0.6) is 5.75 Å². The Hall–Kier alpha value is -2.23. The van der Waals surface area contributed by atoms with Crippen molar-refractivity contribution in [1.29, 1.82) is 0 Å². The van der Waals surface area contributed by atoms with Gasteiger partial charge in [-0.2, -0.15) is 0 Å². The van der Waals surface area contributed by atoms with Gasteiger partial charge < -0.3 is 30.1 Å². The van der Waals surface area contributed by atoms with Crippen molar-refractivity contribution in [2.45, 2.75) is 32.5 Å². The SMILES string of the molecule is CC(C)OCCCNCC(O)COc1ccccc1F.O=C(O)C(=O)O. The molecule has 0 heterocycles. The Morgan fingerprint density at radius 2 is 1.81 bits per heavy atom. The first-order valence-electron chi connectivity index (χ1n) is 8.08. The summed E-state index contributed by atoms with van der Waals surface area (Å²) in [6.07, 6.45) is 0.467. The standard InChI is InChI=1S/C15H24FNO3.C2H2O4/c1-12(2)19-9-5-8-17-10-13(18)11-20-15-7-4-3-6-14(15)16;3-1(4)2(5)6/h3-4,6-7,12-13,17-18H,5,8-11H2,1-2H3;(H,3,4)(H,5,6). The number of nitrogens with one attached hydrogen (secondary N) is 1. The Bertz CT molecular complexity index is 528. The van der Waals surface area contributed by atoms with Crippen LogP contribution in [0.4, 0.5) is 4.39 Å². The van der Waals surface area contributed by atoms with E-state index in [4.69, 9.17) is 29.3 Å². The van der Waals surface area contributed by atoms with Crippen molar-refractivity contribution < 1.29 is 38.8 Å². The molecule has 1 rings (SSSR count). The molecule has 0 spiro atoms. The molecular formula is C17H26FNO7. The van der Waals surface area contributed by atoms with E-state index in [-0.39, 0.29) is 18.5 Å². The third-order valence-corrected chi connectivity index (χ3v) is 2.78. The van der Waals surface area contributed by atoms with Crippen LogP contribution in [0.2, 0.25) is 0 Å². The second kappa shape index (κ2) is 14.0. The molecule has 0 fully saturated rings. The van der Waals surface area contributed by atoms with Crippen LogP contribution in [0.1, 0.15) is 20.3 Å². The summed E-state index contributed by atoms with van der Waals surface area (Å²) in [6, 6.07) is 6.16. The summed E-state index contributed by atoms with van der Waals surface area (Å²) >= 11 is 0. The molecular weight excluding hydrogens is 349 g/mol. The predicted molar refractivity (Wildman–Crippen MR) is 91.7 cm³/mol. The van der Waals surface area contributed by atoms with Gasteiger partial charge in [-0.15, -0.1) is 0 Å². The van der Waals surface area contributed by atoms with Crippen LogP contribution in [-0.2, 0) is 14.3 Å². The van der Waals surface area contributed by atoms with Crippen LogP contribution in [-0.4, -0.2) is 65.8 Å². The van der Waals surface area contributed by atoms with Gasteiger partial charge in [-0.05, 0) is 38.9 Å². The fourth-order valence-corrected chi connectivity index (χ4v) is 1.59. The van der Waals surface area contributed by atoms with E-state index >= 15 is 0 Å². The number of aliphatic hydroxyl groups excluding tert-OH is 1. The van der Waals surface area contributed by atoms with Crippen LogP contribution in [0.15, 0.2) is 24.3 Å². The zero-order valence-corrected chi connectivity index (χ0v) is 14.9. The molecule has 1 aromatic carbocycles. The van der Waals surface area contributed by atoms with Crippen molar-refractivity contribution in [3.8, 4) is 5.75 Å². The van der Waals surface area contributed by atoms with E-state index in [0.717, 1.165) is 13.0 Å². The van der Waals surface area contributed by atoms with Gasteiger partial charge in [0.1, 0.15) is 12.7 Å². The molecule has 0 bridgehead atoms. The molecule has 4 N–H and O–H groups in total. The highest BCUT2D eigenvalue weighted by molar-refractivity contribution is 6.27. The maximum atomic E-state index is 13.3. The molecule has 0 aliphatic heterocycles. The van der Waals surface area contributed by atoms with E-state index in [9.17, 15) is 9.50 Å². The normalized spacial score (nSPS) is 11.4. The number of benzene rings is 1. The van der Waals surface area contributed by atoms with E-state index in [1.165, 1.54) is 6.07 Å². The first-order chi connectivity index (χ1) is 12.2. The minimum Gasteiger partial charge on any atom is -0.488 e. The van der Waals surface area contributed by atoms with Crippen LogP contribution in [0.3, 0.4) is 0 Å². The van der Waals surface area contributed by atoms with Gasteiger partial charge in [-0.3, -0.25) is 0 Å². The fraction of sp³-hybridized carbons (Fsp3) is 0.529. The summed E-state index contributed by atoms with van der Waals surface area (Å²) in [5.41, 5.74) is 0. The van der Waals surface area contributed by atoms with Crippen molar-refractivity contribution >= 4 is 11.9 Å². The number of carboxylic acids is 2. The minimum absolute atomic E-state index is 0.0659. The van der Waals surface area contributed by atoms with Crippen LogP contribution in [0, 0.1) is 5.82 Å². The number of carboxylic acid groups (broad SMARTS) is 2. The first kappa shape index (κ1) is 23.8. The summed E-state index contributed by atoms with van der Waals surface area (Å²) in [5, 5.41) is 27.6. The maximum absolute atomic E-state index is 13.3. The summed E-state index contributed by atoms with van der Waals surface area (Å²) in [6.45, 7) is 5.94. The molecule has 1 atom stereocenters. The molecule has 0 amide bonds. The molecule has 1 aromatic rings. The molecule has 0 saturated heterocycles. The number of ether oxygens (including phenoxy) is 2. The highest BCUT2D eigenvalue weighted by Gasteiger charge is 2.07. The summed E-state index contributed by atoms with van der Waals surface area (Å²) in [5.74, 6) is -3.90. The smallest absolute Gasteiger partial charge is 0.414 e. The lowest BCUT2D eigenvalue weighted by Crippen LogP contribution is -2.32. The third kappa shape index (κ3) is 13.1. The van der Waals surface area contributed by atoms with Crippen molar-refractivity contribution in [2.24, 2.45) is 0 Å². The molecule has 148 valence electrons. The Labute approximate surface area is 151 Å². The Morgan fingerprint density at radius 1 is 1.19 bits per heavy atom. The lowest BCUT2D eigenvalue weighted by molar-refractivity contribution is -0.159. The lowest BCUT2D eigenvalue weighted by atomic mass is 10.3. The minimum atomic E-state index is -1.82. The van der Waals surface area contributed by atoms with Gasteiger partial charge >= 0.3 is 11.9 Å². The Kier molecular flexibility index (Phi) is 12.8. The highest BCUT2D eigenvalue weighted by Crippen LogP contribution is 2.15. The quantitative estimate of drug-likeness (QED) is 0.354. The number of hydrogen-bond donors (Lipinski definition) is 4. The number of hydrogen-bond acceptors (Lipinski definition) is 6. The lowest BCUT2D eigenvalue weighted by Gasteiger charge is -2.14. The fourth-order valence-electron chi connectivity index (χ4n) is 1.59. The van der Waals surface area contributed by atoms with Crippen LogP contribution >= 0.6 is 0 Å². The topological polar surface area (TPSA) is 125 Å². The predicted octanol–water partition coefficient (Wildman–Crippen LogP) is 1.13. The van der Waals surface area contributed by atoms with E-state index in [2.05, 4.69) is 5.32 Å². The van der Waals surface area contributed by atoms with Crippen molar-refractivity contribution in [3.05, 3.63) is 30.1 Å². The molecule has 0 aromatic heterocycles. The van der Waals surface area contributed by atoms with E-state index < -0.39 is 23.9 Å². The van der Waals surface area contributed by atoms with Crippen LogP contribution < -0.4 is 10.1 Å². The van der Waals surface area contributed by atoms with E-state index in [1.807, 2.05) is 13.8 Å². The first-order valence-corrected chi connectivity index (χ1v) is 8.08. The number of rotatable bonds is 10. The van der Waals surface area contributed by atoms with Crippen molar-refractivity contribution in [3.63, 3.8) is 0 Å². The van der Waals surface area contributed by atoms with Gasteiger partial charge in [-0.1, -0.05) is 12.1 Å². The molecule has 0 aliphatic rings. The maximum Gasteiger partial charge on any atom is 0.414 e. The zero-order chi connectivity index (χ0) is 19.9. The summed E-state index contributed by atoms with van der Waals surface area (Å²) in [7, 11) is 0. The average Bonchev–Trinajstić information content (AvgIpc) is 2.57. The van der Waals surface area contributed by atoms with Crippen LogP contribution in [0.25, 0.3) is 0 Å². The molecule has 26 heavy (non-hydrogen) atoms.